The number of ketones is 1. The number of esters is 1. The number of carbonyl (C=O) groups is 3. The lowest BCUT2D eigenvalue weighted by Crippen LogP contribution is -2.19. The number of aryl methyl sites for hydroxylation is 1. The van der Waals surface area contributed by atoms with E-state index in [1.807, 2.05) is 30.3 Å². The van der Waals surface area contributed by atoms with Crippen molar-refractivity contribution in [2.75, 3.05) is 11.9 Å². The van der Waals surface area contributed by atoms with E-state index in [2.05, 4.69) is 20.8 Å². The summed E-state index contributed by atoms with van der Waals surface area (Å²) in [5.41, 5.74) is 1.77. The number of rotatable bonds is 8. The maximum Gasteiger partial charge on any atom is 0.357 e. The van der Waals surface area contributed by atoms with E-state index in [1.54, 1.807) is 44.2 Å². The summed E-state index contributed by atoms with van der Waals surface area (Å²) in [6, 6.07) is 15.5. The second-order valence-electron chi connectivity index (χ2n) is 6.56. The largest absolute Gasteiger partial charge is 0.453 e. The molecule has 9 heteroatoms. The van der Waals surface area contributed by atoms with Crippen LogP contribution in [0.4, 0.5) is 5.69 Å². The van der Waals surface area contributed by atoms with Crippen molar-refractivity contribution in [3.05, 3.63) is 71.5 Å². The van der Waals surface area contributed by atoms with Crippen LogP contribution in [0.5, 0.6) is 0 Å². The highest BCUT2D eigenvalue weighted by Crippen LogP contribution is 2.15. The lowest BCUT2D eigenvalue weighted by Gasteiger charge is -2.09. The van der Waals surface area contributed by atoms with E-state index in [1.165, 1.54) is 4.68 Å². The summed E-state index contributed by atoms with van der Waals surface area (Å²) in [5.74, 6) is -0.840. The van der Waals surface area contributed by atoms with Gasteiger partial charge in [0.05, 0.1) is 0 Å². The van der Waals surface area contributed by atoms with Crippen LogP contribution in [-0.4, -0.2) is 44.5 Å². The third-order valence-corrected chi connectivity index (χ3v) is 4.31. The molecule has 0 fully saturated rings. The minimum Gasteiger partial charge on any atom is -0.453 e. The van der Waals surface area contributed by atoms with E-state index >= 15 is 0 Å². The Morgan fingerprint density at radius 1 is 1.06 bits per heavy atom. The van der Waals surface area contributed by atoms with Gasteiger partial charge in [-0.2, -0.15) is 4.68 Å². The van der Waals surface area contributed by atoms with Gasteiger partial charge in [-0.25, -0.2) is 4.79 Å². The number of aromatic nitrogens is 4. The van der Waals surface area contributed by atoms with Gasteiger partial charge in [0, 0.05) is 17.7 Å². The molecule has 1 heterocycles. The van der Waals surface area contributed by atoms with Crippen LogP contribution in [0.3, 0.4) is 0 Å². The number of carbonyl (C=O) groups excluding carboxylic acids is 3. The number of tetrazole rings is 1. The maximum atomic E-state index is 12.7. The van der Waals surface area contributed by atoms with Gasteiger partial charge in [0.15, 0.2) is 23.9 Å². The SMILES string of the molecule is CCC(=O)Nc1ccc(C(=O)COC(=O)/C(=C/c2ccccc2)n2nnnc2C)cc1. The van der Waals surface area contributed by atoms with Crippen LogP contribution in [0.25, 0.3) is 11.8 Å². The highest BCUT2D eigenvalue weighted by atomic mass is 16.5. The summed E-state index contributed by atoms with van der Waals surface area (Å²) >= 11 is 0. The summed E-state index contributed by atoms with van der Waals surface area (Å²) in [4.78, 5) is 36.6. The predicted octanol–water partition coefficient (Wildman–Crippen LogP) is 2.75. The monoisotopic (exact) mass is 419 g/mol. The Kier molecular flexibility index (Phi) is 7.00. The number of hydrogen-bond donors (Lipinski definition) is 1. The van der Waals surface area contributed by atoms with Gasteiger partial charge >= 0.3 is 5.97 Å². The zero-order valence-corrected chi connectivity index (χ0v) is 17.1. The van der Waals surface area contributed by atoms with Crippen LogP contribution >= 0.6 is 0 Å². The number of hydrogen-bond acceptors (Lipinski definition) is 7. The molecule has 0 radical (unpaired) electrons. The summed E-state index contributed by atoms with van der Waals surface area (Å²) in [6.07, 6.45) is 1.94. The molecule has 0 saturated carbocycles. The van der Waals surface area contributed by atoms with Gasteiger partial charge in [-0.1, -0.05) is 37.3 Å². The molecule has 0 unspecified atom stereocenters. The molecule has 0 aliphatic carbocycles. The first-order valence-electron chi connectivity index (χ1n) is 9.60. The van der Waals surface area contributed by atoms with Crippen molar-refractivity contribution in [1.29, 1.82) is 0 Å². The topological polar surface area (TPSA) is 116 Å². The molecule has 3 rings (SSSR count). The second kappa shape index (κ2) is 10.1. The van der Waals surface area contributed by atoms with Crippen LogP contribution in [0.1, 0.15) is 35.1 Å². The van der Waals surface area contributed by atoms with Crippen LogP contribution < -0.4 is 5.32 Å². The van der Waals surface area contributed by atoms with Crippen LogP contribution in [0, 0.1) is 6.92 Å². The van der Waals surface area contributed by atoms with Gasteiger partial charge in [-0.15, -0.1) is 5.10 Å². The van der Waals surface area contributed by atoms with Crippen molar-refractivity contribution >= 4 is 35.1 Å². The first-order chi connectivity index (χ1) is 15.0. The van der Waals surface area contributed by atoms with E-state index < -0.39 is 12.6 Å². The van der Waals surface area contributed by atoms with Crippen molar-refractivity contribution in [1.82, 2.24) is 20.2 Å². The normalized spacial score (nSPS) is 11.1. The number of Topliss-reactive ketones (excluding diaryl/α,β-unsaturated/α-hetero) is 1. The molecule has 1 amide bonds. The molecule has 1 aromatic heterocycles. The molecule has 2 aromatic carbocycles. The third-order valence-electron chi connectivity index (χ3n) is 4.31. The molecule has 0 atom stereocenters. The third kappa shape index (κ3) is 5.69. The van der Waals surface area contributed by atoms with E-state index in [0.29, 0.717) is 23.5 Å². The summed E-state index contributed by atoms with van der Waals surface area (Å²) in [6.45, 7) is 2.95. The van der Waals surface area contributed by atoms with Gasteiger partial charge in [-0.3, -0.25) is 9.59 Å². The fourth-order valence-corrected chi connectivity index (χ4v) is 2.65. The molecule has 0 bridgehead atoms. The number of nitrogens with zero attached hydrogens (tertiary/aromatic N) is 4. The van der Waals surface area contributed by atoms with Crippen molar-refractivity contribution in [2.45, 2.75) is 20.3 Å². The van der Waals surface area contributed by atoms with E-state index in [4.69, 9.17) is 4.74 Å². The molecule has 9 nitrogen and oxygen atoms in total. The van der Waals surface area contributed by atoms with Gasteiger partial charge in [0.2, 0.25) is 5.91 Å². The lowest BCUT2D eigenvalue weighted by molar-refractivity contribution is -0.136. The Labute approximate surface area is 178 Å². The molecule has 1 N–H and O–H groups in total. The summed E-state index contributed by atoms with van der Waals surface area (Å²) < 4.78 is 6.50. The second-order valence-corrected chi connectivity index (χ2v) is 6.56. The molecule has 0 aliphatic heterocycles. The number of amides is 1. The highest BCUT2D eigenvalue weighted by molar-refractivity contribution is 6.16. The van der Waals surface area contributed by atoms with E-state index in [-0.39, 0.29) is 17.4 Å². The Bertz CT molecular complexity index is 1100. The van der Waals surface area contributed by atoms with Crippen molar-refractivity contribution in [3.63, 3.8) is 0 Å². The van der Waals surface area contributed by atoms with Crippen molar-refractivity contribution < 1.29 is 19.1 Å². The number of nitrogens with one attached hydrogen (secondary N) is 1. The quantitative estimate of drug-likeness (QED) is 0.339. The minimum atomic E-state index is -0.737. The molecule has 0 spiro atoms. The van der Waals surface area contributed by atoms with Crippen LogP contribution in [-0.2, 0) is 14.3 Å². The fourth-order valence-electron chi connectivity index (χ4n) is 2.65. The first-order valence-corrected chi connectivity index (χ1v) is 9.60. The average Bonchev–Trinajstić information content (AvgIpc) is 3.22. The number of ether oxygens (including phenoxy) is 1. The molecular formula is C22H21N5O4. The van der Waals surface area contributed by atoms with Crippen LogP contribution in [0.15, 0.2) is 54.6 Å². The Balaban J connectivity index is 1.71. The highest BCUT2D eigenvalue weighted by Gasteiger charge is 2.19. The first kappa shape index (κ1) is 21.6. The zero-order chi connectivity index (χ0) is 22.2. The molecule has 0 saturated heterocycles. The maximum absolute atomic E-state index is 12.7. The van der Waals surface area contributed by atoms with Crippen molar-refractivity contribution in [3.8, 4) is 0 Å². The van der Waals surface area contributed by atoms with E-state index in [0.717, 1.165) is 5.56 Å². The standard InChI is InChI=1S/C22H21N5O4/c1-3-21(29)23-18-11-9-17(10-12-18)20(28)14-31-22(30)19(27-15(2)24-25-26-27)13-16-7-5-4-6-8-16/h4-13H,3,14H2,1-2H3,(H,23,29)/b19-13-. The Hall–Kier alpha value is -4.14. The average molecular weight is 419 g/mol. The van der Waals surface area contributed by atoms with E-state index in [9.17, 15) is 14.4 Å². The molecule has 158 valence electrons. The minimum absolute atomic E-state index is 0.0825. The number of anilines is 1. The molecule has 31 heavy (non-hydrogen) atoms. The van der Waals surface area contributed by atoms with Gasteiger partial charge < -0.3 is 10.1 Å². The molecular weight excluding hydrogens is 398 g/mol. The number of benzene rings is 2. The molecule has 0 aliphatic rings. The Morgan fingerprint density at radius 2 is 1.77 bits per heavy atom. The smallest absolute Gasteiger partial charge is 0.357 e. The Morgan fingerprint density at radius 3 is 2.39 bits per heavy atom. The zero-order valence-electron chi connectivity index (χ0n) is 17.1. The predicted molar refractivity (Wildman–Crippen MR) is 114 cm³/mol. The van der Waals surface area contributed by atoms with Gasteiger partial charge in [0.1, 0.15) is 0 Å². The lowest BCUT2D eigenvalue weighted by atomic mass is 10.1. The van der Waals surface area contributed by atoms with Gasteiger partial charge in [0.25, 0.3) is 0 Å². The molecule has 3 aromatic rings. The van der Waals surface area contributed by atoms with Gasteiger partial charge in [-0.05, 0) is 53.3 Å². The van der Waals surface area contributed by atoms with Crippen LogP contribution in [0.2, 0.25) is 0 Å². The summed E-state index contributed by atoms with van der Waals surface area (Å²) in [7, 11) is 0. The fraction of sp³-hybridized carbons (Fsp3) is 0.182. The summed E-state index contributed by atoms with van der Waals surface area (Å²) in [5, 5.41) is 13.9. The van der Waals surface area contributed by atoms with Crippen molar-refractivity contribution in [2.24, 2.45) is 0 Å².